The third-order valence-corrected chi connectivity index (χ3v) is 5.01. The molecule has 1 N–H and O–H groups in total. The largest absolute Gasteiger partial charge is 0.493 e. The fraction of sp³-hybridized carbons (Fsp3) is 0.154. The molecule has 3 aromatic carbocycles. The Balaban J connectivity index is 1.74. The van der Waals surface area contributed by atoms with Crippen molar-refractivity contribution in [1.29, 1.82) is 0 Å². The molecule has 0 unspecified atom stereocenters. The lowest BCUT2D eigenvalue weighted by atomic mass is 10.0. The number of carbonyl (C=O) groups excluding carboxylic acids is 2. The molecular weight excluding hydrogens is 426 g/mol. The molecular formula is C26H22F2N2O3. The number of hydrogen-bond donors (Lipinski definition) is 1. The number of ether oxygens (including phenoxy) is 1. The maximum Gasteiger partial charge on any atom is 0.282 e. The number of rotatable bonds is 7. The second kappa shape index (κ2) is 9.24. The first kappa shape index (κ1) is 22.2. The highest BCUT2D eigenvalue weighted by Crippen LogP contribution is 2.34. The van der Waals surface area contributed by atoms with E-state index < -0.39 is 23.4 Å². The van der Waals surface area contributed by atoms with Crippen LogP contribution in [-0.2, 0) is 9.59 Å². The van der Waals surface area contributed by atoms with E-state index in [1.807, 2.05) is 13.8 Å². The van der Waals surface area contributed by atoms with Crippen molar-refractivity contribution in [2.24, 2.45) is 5.92 Å². The van der Waals surface area contributed by atoms with Gasteiger partial charge in [-0.2, -0.15) is 0 Å². The zero-order chi connectivity index (χ0) is 23.5. The minimum absolute atomic E-state index is 0.0225. The Kier molecular flexibility index (Phi) is 6.22. The normalized spacial score (nSPS) is 13.8. The molecule has 0 fully saturated rings. The lowest BCUT2D eigenvalue weighted by Gasteiger charge is -2.15. The van der Waals surface area contributed by atoms with Crippen LogP contribution in [0.4, 0.5) is 20.2 Å². The molecule has 1 aliphatic heterocycles. The van der Waals surface area contributed by atoms with E-state index in [9.17, 15) is 18.4 Å². The van der Waals surface area contributed by atoms with Crippen LogP contribution >= 0.6 is 0 Å². The maximum absolute atomic E-state index is 13.8. The monoisotopic (exact) mass is 448 g/mol. The molecule has 2 amide bonds. The van der Waals surface area contributed by atoms with Gasteiger partial charge in [0, 0.05) is 11.8 Å². The number of carbonyl (C=O) groups is 2. The first-order chi connectivity index (χ1) is 15.8. The molecule has 0 spiro atoms. The molecule has 0 saturated heterocycles. The maximum atomic E-state index is 13.8. The standard InChI is InChI=1S/C26H22F2N2O3/c1-16(2)15-33-20-11-8-17(9-12-20)23-24(29-18-10-13-21(27)22(28)14-18)26(32)30(25(23)31)19-6-4-3-5-7-19/h3-14,16,29H,15H2,1-2H3. The molecule has 0 radical (unpaired) electrons. The van der Waals surface area contributed by atoms with Gasteiger partial charge in [-0.05, 0) is 47.9 Å². The summed E-state index contributed by atoms with van der Waals surface area (Å²) < 4.78 is 32.8. The zero-order valence-corrected chi connectivity index (χ0v) is 18.1. The van der Waals surface area contributed by atoms with Gasteiger partial charge in [0.1, 0.15) is 11.4 Å². The number of halogens is 2. The van der Waals surface area contributed by atoms with Crippen molar-refractivity contribution in [2.75, 3.05) is 16.8 Å². The summed E-state index contributed by atoms with van der Waals surface area (Å²) >= 11 is 0. The quantitative estimate of drug-likeness (QED) is 0.492. The average molecular weight is 448 g/mol. The second-order valence-electron chi connectivity index (χ2n) is 8.01. The van der Waals surface area contributed by atoms with Crippen LogP contribution in [0.2, 0.25) is 0 Å². The summed E-state index contributed by atoms with van der Waals surface area (Å²) in [5, 5.41) is 2.82. The minimum atomic E-state index is -1.06. The molecule has 33 heavy (non-hydrogen) atoms. The third-order valence-electron chi connectivity index (χ3n) is 5.01. The fourth-order valence-electron chi connectivity index (χ4n) is 3.42. The van der Waals surface area contributed by atoms with Crippen molar-refractivity contribution in [3.8, 4) is 5.75 Å². The van der Waals surface area contributed by atoms with Crippen molar-refractivity contribution < 1.29 is 23.1 Å². The van der Waals surface area contributed by atoms with Gasteiger partial charge in [0.25, 0.3) is 11.8 Å². The first-order valence-electron chi connectivity index (χ1n) is 10.5. The number of imide groups is 1. The van der Waals surface area contributed by atoms with Crippen LogP contribution in [0.5, 0.6) is 5.75 Å². The van der Waals surface area contributed by atoms with Crippen molar-refractivity contribution >= 4 is 28.8 Å². The highest BCUT2D eigenvalue weighted by molar-refractivity contribution is 6.46. The molecule has 5 nitrogen and oxygen atoms in total. The van der Waals surface area contributed by atoms with Crippen molar-refractivity contribution in [2.45, 2.75) is 13.8 Å². The second-order valence-corrected chi connectivity index (χ2v) is 8.01. The molecule has 4 rings (SSSR count). The van der Waals surface area contributed by atoms with Crippen LogP contribution in [0.1, 0.15) is 19.4 Å². The molecule has 1 heterocycles. The Morgan fingerprint density at radius 2 is 1.58 bits per heavy atom. The predicted octanol–water partition coefficient (Wildman–Crippen LogP) is 5.40. The average Bonchev–Trinajstić information content (AvgIpc) is 3.05. The summed E-state index contributed by atoms with van der Waals surface area (Å²) in [4.78, 5) is 27.7. The molecule has 7 heteroatoms. The van der Waals surface area contributed by atoms with Crippen LogP contribution in [0.25, 0.3) is 5.57 Å². The van der Waals surface area contributed by atoms with Crippen LogP contribution in [0.15, 0.2) is 78.5 Å². The van der Waals surface area contributed by atoms with Gasteiger partial charge in [0.2, 0.25) is 0 Å². The van der Waals surface area contributed by atoms with E-state index in [0.29, 0.717) is 29.5 Å². The van der Waals surface area contributed by atoms with E-state index in [1.54, 1.807) is 54.6 Å². The summed E-state index contributed by atoms with van der Waals surface area (Å²) in [5.41, 5.74) is 1.15. The molecule has 0 saturated carbocycles. The van der Waals surface area contributed by atoms with E-state index in [2.05, 4.69) is 5.32 Å². The Morgan fingerprint density at radius 1 is 0.879 bits per heavy atom. The Morgan fingerprint density at radius 3 is 2.21 bits per heavy atom. The number of anilines is 2. The lowest BCUT2D eigenvalue weighted by Crippen LogP contribution is -2.32. The van der Waals surface area contributed by atoms with Gasteiger partial charge in [-0.25, -0.2) is 13.7 Å². The summed E-state index contributed by atoms with van der Waals surface area (Å²) in [6, 6.07) is 18.5. The van der Waals surface area contributed by atoms with E-state index >= 15 is 0 Å². The molecule has 0 aromatic heterocycles. The molecule has 3 aromatic rings. The highest BCUT2D eigenvalue weighted by atomic mass is 19.2. The minimum Gasteiger partial charge on any atom is -0.493 e. The van der Waals surface area contributed by atoms with Gasteiger partial charge in [-0.1, -0.05) is 44.2 Å². The van der Waals surface area contributed by atoms with Gasteiger partial charge >= 0.3 is 0 Å². The lowest BCUT2D eigenvalue weighted by molar-refractivity contribution is -0.120. The van der Waals surface area contributed by atoms with Gasteiger partial charge in [0.05, 0.1) is 17.9 Å². The summed E-state index contributed by atoms with van der Waals surface area (Å²) in [7, 11) is 0. The zero-order valence-electron chi connectivity index (χ0n) is 18.1. The van der Waals surface area contributed by atoms with Crippen LogP contribution in [0.3, 0.4) is 0 Å². The van der Waals surface area contributed by atoms with Crippen molar-refractivity contribution in [3.05, 3.63) is 95.7 Å². The van der Waals surface area contributed by atoms with Crippen LogP contribution in [-0.4, -0.2) is 18.4 Å². The first-order valence-corrected chi connectivity index (χ1v) is 10.5. The molecule has 0 bridgehead atoms. The summed E-state index contributed by atoms with van der Waals surface area (Å²) in [6.07, 6.45) is 0. The van der Waals surface area contributed by atoms with Crippen LogP contribution in [0, 0.1) is 17.6 Å². The highest BCUT2D eigenvalue weighted by Gasteiger charge is 2.40. The Labute approximate surface area is 190 Å². The van der Waals surface area contributed by atoms with E-state index in [1.165, 1.54) is 6.07 Å². The van der Waals surface area contributed by atoms with Crippen molar-refractivity contribution in [3.63, 3.8) is 0 Å². The van der Waals surface area contributed by atoms with Crippen molar-refractivity contribution in [1.82, 2.24) is 0 Å². The van der Waals surface area contributed by atoms with Gasteiger partial charge in [-0.3, -0.25) is 9.59 Å². The Bertz CT molecular complexity index is 1220. The summed E-state index contributed by atoms with van der Waals surface area (Å²) in [6.45, 7) is 4.62. The number of nitrogens with zero attached hydrogens (tertiary/aromatic N) is 1. The van der Waals surface area contributed by atoms with Crippen LogP contribution < -0.4 is 15.0 Å². The molecule has 0 aliphatic carbocycles. The number of hydrogen-bond acceptors (Lipinski definition) is 4. The smallest absolute Gasteiger partial charge is 0.282 e. The third kappa shape index (κ3) is 4.62. The SMILES string of the molecule is CC(C)COc1ccc(C2=C(Nc3ccc(F)c(F)c3)C(=O)N(c3ccccc3)C2=O)cc1. The van der Waals surface area contributed by atoms with Gasteiger partial charge in [0.15, 0.2) is 11.6 Å². The number of benzene rings is 3. The van der Waals surface area contributed by atoms with E-state index in [-0.39, 0.29) is 17.0 Å². The molecule has 168 valence electrons. The van der Waals surface area contributed by atoms with Gasteiger partial charge in [-0.15, -0.1) is 0 Å². The Hall–Kier alpha value is -4.00. The number of nitrogens with one attached hydrogen (secondary N) is 1. The fourth-order valence-corrected chi connectivity index (χ4v) is 3.42. The molecule has 1 aliphatic rings. The van der Waals surface area contributed by atoms with E-state index in [4.69, 9.17) is 4.74 Å². The predicted molar refractivity (Wildman–Crippen MR) is 123 cm³/mol. The van der Waals surface area contributed by atoms with E-state index in [0.717, 1.165) is 17.0 Å². The number of para-hydroxylation sites is 1. The topological polar surface area (TPSA) is 58.6 Å². The number of amides is 2. The van der Waals surface area contributed by atoms with Gasteiger partial charge < -0.3 is 10.1 Å². The molecule has 0 atom stereocenters. The summed E-state index contributed by atoms with van der Waals surface area (Å²) in [5.74, 6) is -2.19.